The third kappa shape index (κ3) is 3.85. The lowest BCUT2D eigenvalue weighted by atomic mass is 10.3. The Morgan fingerprint density at radius 1 is 1.71 bits per heavy atom. The van der Waals surface area contributed by atoms with Crippen LogP contribution in [0.4, 0.5) is 0 Å². The molecule has 0 aliphatic carbocycles. The van der Waals surface area contributed by atoms with Crippen LogP contribution in [-0.4, -0.2) is 17.4 Å². The number of carbonyl (C=O) groups excluding carboxylic acids is 1. The van der Waals surface area contributed by atoms with Gasteiger partial charge in [0.1, 0.15) is 5.01 Å². The van der Waals surface area contributed by atoms with E-state index in [2.05, 4.69) is 10.3 Å². The lowest BCUT2D eigenvalue weighted by molar-refractivity contribution is -0.121. The van der Waals surface area contributed by atoms with Crippen molar-refractivity contribution >= 4 is 17.2 Å². The zero-order valence-corrected chi connectivity index (χ0v) is 9.06. The van der Waals surface area contributed by atoms with Gasteiger partial charge in [0.25, 0.3) is 0 Å². The zero-order chi connectivity index (χ0) is 10.4. The minimum absolute atomic E-state index is 0.0447. The number of nitrogens with two attached hydrogens (primary N) is 1. The Hall–Kier alpha value is -0.940. The molecule has 3 N–H and O–H groups in total. The van der Waals surface area contributed by atoms with Gasteiger partial charge in [-0.2, -0.15) is 0 Å². The summed E-state index contributed by atoms with van der Waals surface area (Å²) < 4.78 is 0. The largest absolute Gasteiger partial charge is 0.350 e. The third-order valence-corrected chi connectivity index (χ3v) is 2.63. The first-order chi connectivity index (χ1) is 6.72. The second-order valence-electron chi connectivity index (χ2n) is 3.03. The molecule has 0 radical (unpaired) electrons. The Kier molecular flexibility index (Phi) is 4.55. The number of aromatic nitrogens is 1. The van der Waals surface area contributed by atoms with Gasteiger partial charge in [-0.15, -0.1) is 11.3 Å². The van der Waals surface area contributed by atoms with Crippen LogP contribution in [0.25, 0.3) is 0 Å². The second kappa shape index (κ2) is 5.72. The molecule has 1 heterocycles. The molecule has 0 saturated heterocycles. The molecule has 0 unspecified atom stereocenters. The number of thiazole rings is 1. The van der Waals surface area contributed by atoms with Crippen molar-refractivity contribution in [2.45, 2.75) is 26.3 Å². The van der Waals surface area contributed by atoms with Crippen molar-refractivity contribution in [3.05, 3.63) is 16.1 Å². The van der Waals surface area contributed by atoms with E-state index in [1.807, 2.05) is 13.1 Å². The van der Waals surface area contributed by atoms with Gasteiger partial charge < -0.3 is 11.1 Å². The van der Waals surface area contributed by atoms with Crippen molar-refractivity contribution in [3.63, 3.8) is 0 Å². The number of rotatable bonds is 5. The lowest BCUT2D eigenvalue weighted by Gasteiger charge is -2.01. The average Bonchev–Trinajstić information content (AvgIpc) is 2.58. The van der Waals surface area contributed by atoms with Crippen LogP contribution in [0, 0.1) is 6.92 Å². The molecule has 5 heteroatoms. The Morgan fingerprint density at radius 3 is 3.07 bits per heavy atom. The first-order valence-electron chi connectivity index (χ1n) is 4.60. The molecule has 0 aliphatic rings. The van der Waals surface area contributed by atoms with Gasteiger partial charge in [-0.1, -0.05) is 0 Å². The van der Waals surface area contributed by atoms with Crippen LogP contribution in [0.15, 0.2) is 6.20 Å². The number of hydrogen-bond acceptors (Lipinski definition) is 4. The molecule has 0 saturated carbocycles. The Bertz CT molecular complexity index is 298. The number of carbonyl (C=O) groups is 1. The SMILES string of the molecule is Cc1cnc(CNC(=O)CCCN)s1. The van der Waals surface area contributed by atoms with E-state index in [-0.39, 0.29) is 5.91 Å². The van der Waals surface area contributed by atoms with Crippen LogP contribution in [-0.2, 0) is 11.3 Å². The molecule has 14 heavy (non-hydrogen) atoms. The molecule has 0 bridgehead atoms. The minimum atomic E-state index is 0.0447. The Balaban J connectivity index is 2.23. The van der Waals surface area contributed by atoms with Crippen LogP contribution in [0.3, 0.4) is 0 Å². The predicted molar refractivity (Wildman–Crippen MR) is 57.0 cm³/mol. The second-order valence-corrected chi connectivity index (χ2v) is 4.35. The van der Waals surface area contributed by atoms with E-state index in [1.54, 1.807) is 11.3 Å². The summed E-state index contributed by atoms with van der Waals surface area (Å²) in [5.41, 5.74) is 5.30. The molecule has 1 aromatic heterocycles. The molecule has 0 aromatic carbocycles. The lowest BCUT2D eigenvalue weighted by Crippen LogP contribution is -2.23. The van der Waals surface area contributed by atoms with Crippen LogP contribution >= 0.6 is 11.3 Å². The molecule has 1 aromatic rings. The quantitative estimate of drug-likeness (QED) is 0.760. The summed E-state index contributed by atoms with van der Waals surface area (Å²) in [4.78, 5) is 16.5. The smallest absolute Gasteiger partial charge is 0.220 e. The predicted octanol–water partition coefficient (Wildman–Crippen LogP) is 0.807. The van der Waals surface area contributed by atoms with Gasteiger partial charge in [0.2, 0.25) is 5.91 Å². The molecule has 4 nitrogen and oxygen atoms in total. The zero-order valence-electron chi connectivity index (χ0n) is 8.25. The number of hydrogen-bond donors (Lipinski definition) is 2. The average molecular weight is 213 g/mol. The number of aryl methyl sites for hydroxylation is 1. The van der Waals surface area contributed by atoms with Gasteiger partial charge in [-0.25, -0.2) is 4.98 Å². The van der Waals surface area contributed by atoms with Gasteiger partial charge >= 0.3 is 0 Å². The number of nitrogens with one attached hydrogen (secondary N) is 1. The minimum Gasteiger partial charge on any atom is -0.350 e. The first-order valence-corrected chi connectivity index (χ1v) is 5.42. The van der Waals surface area contributed by atoms with Gasteiger partial charge in [-0.05, 0) is 19.9 Å². The van der Waals surface area contributed by atoms with Crippen LogP contribution in [0.5, 0.6) is 0 Å². The topological polar surface area (TPSA) is 68.0 Å². The molecule has 78 valence electrons. The summed E-state index contributed by atoms with van der Waals surface area (Å²) in [6.07, 6.45) is 3.05. The van der Waals surface area contributed by atoms with E-state index in [1.165, 1.54) is 0 Å². The standard InChI is InChI=1S/C9H15N3OS/c1-7-5-12-9(14-7)6-11-8(13)3-2-4-10/h5H,2-4,6,10H2,1H3,(H,11,13). The Morgan fingerprint density at radius 2 is 2.50 bits per heavy atom. The van der Waals surface area contributed by atoms with Crippen molar-refractivity contribution < 1.29 is 4.79 Å². The molecule has 0 aliphatic heterocycles. The fourth-order valence-corrected chi connectivity index (χ4v) is 1.74. The highest BCUT2D eigenvalue weighted by Gasteiger charge is 2.02. The van der Waals surface area contributed by atoms with E-state index in [9.17, 15) is 4.79 Å². The molecule has 1 rings (SSSR count). The van der Waals surface area contributed by atoms with Crippen molar-refractivity contribution in [2.75, 3.05) is 6.54 Å². The van der Waals surface area contributed by atoms with Crippen molar-refractivity contribution in [1.29, 1.82) is 0 Å². The molecule has 1 amide bonds. The summed E-state index contributed by atoms with van der Waals surface area (Å²) in [5, 5.41) is 3.75. The summed E-state index contributed by atoms with van der Waals surface area (Å²) >= 11 is 1.60. The van der Waals surface area contributed by atoms with Crippen molar-refractivity contribution in [1.82, 2.24) is 10.3 Å². The van der Waals surface area contributed by atoms with Gasteiger partial charge in [0.05, 0.1) is 6.54 Å². The molecule has 0 spiro atoms. The molecular weight excluding hydrogens is 198 g/mol. The first kappa shape index (κ1) is 11.1. The monoisotopic (exact) mass is 213 g/mol. The van der Waals surface area contributed by atoms with Crippen LogP contribution in [0.1, 0.15) is 22.7 Å². The van der Waals surface area contributed by atoms with Gasteiger partial charge in [0, 0.05) is 17.5 Å². The third-order valence-electron chi connectivity index (χ3n) is 1.71. The molecule has 0 atom stereocenters. The Labute approximate surface area is 87.5 Å². The van der Waals surface area contributed by atoms with Crippen molar-refractivity contribution in [3.8, 4) is 0 Å². The van der Waals surface area contributed by atoms with Gasteiger partial charge in [0.15, 0.2) is 0 Å². The highest BCUT2D eigenvalue weighted by atomic mass is 32.1. The van der Waals surface area contributed by atoms with Crippen molar-refractivity contribution in [2.24, 2.45) is 5.73 Å². The highest BCUT2D eigenvalue weighted by Crippen LogP contribution is 2.10. The van der Waals surface area contributed by atoms with E-state index < -0.39 is 0 Å². The molecular formula is C9H15N3OS. The molecule has 0 fully saturated rings. The summed E-state index contributed by atoms with van der Waals surface area (Å²) in [6, 6.07) is 0. The maximum absolute atomic E-state index is 11.2. The highest BCUT2D eigenvalue weighted by molar-refractivity contribution is 7.11. The van der Waals surface area contributed by atoms with E-state index in [4.69, 9.17) is 5.73 Å². The van der Waals surface area contributed by atoms with Gasteiger partial charge in [-0.3, -0.25) is 4.79 Å². The van der Waals surface area contributed by atoms with Crippen LogP contribution in [0.2, 0.25) is 0 Å². The van der Waals surface area contributed by atoms with E-state index in [0.717, 1.165) is 16.3 Å². The summed E-state index contributed by atoms with van der Waals surface area (Å²) in [5.74, 6) is 0.0447. The maximum atomic E-state index is 11.2. The van der Waals surface area contributed by atoms with E-state index >= 15 is 0 Å². The fraction of sp³-hybridized carbons (Fsp3) is 0.556. The summed E-state index contributed by atoms with van der Waals surface area (Å²) in [6.45, 7) is 3.09. The van der Waals surface area contributed by atoms with E-state index in [0.29, 0.717) is 19.5 Å². The summed E-state index contributed by atoms with van der Waals surface area (Å²) in [7, 11) is 0. The normalized spacial score (nSPS) is 10.1. The number of nitrogens with zero attached hydrogens (tertiary/aromatic N) is 1. The number of amides is 1. The van der Waals surface area contributed by atoms with Crippen LogP contribution < -0.4 is 11.1 Å². The fourth-order valence-electron chi connectivity index (χ4n) is 1.01. The maximum Gasteiger partial charge on any atom is 0.220 e.